The number of fused-ring (bicyclic) bond motifs is 1. The quantitative estimate of drug-likeness (QED) is 0.857. The van der Waals surface area contributed by atoms with E-state index in [4.69, 9.17) is 9.84 Å². The molecule has 0 saturated heterocycles. The summed E-state index contributed by atoms with van der Waals surface area (Å²) in [5, 5.41) is 15.9. The van der Waals surface area contributed by atoms with Crippen LogP contribution in [0.25, 0.3) is 0 Å². The Kier molecular flexibility index (Phi) is 4.74. The Bertz CT molecular complexity index is 729. The first-order valence-electron chi connectivity index (χ1n) is 7.72. The Morgan fingerprint density at radius 2 is 2.12 bits per heavy atom. The summed E-state index contributed by atoms with van der Waals surface area (Å²) in [5.41, 5.74) is 0.906. The van der Waals surface area contributed by atoms with Gasteiger partial charge in [0.2, 0.25) is 0 Å². The molecule has 0 fully saturated rings. The number of nitrogens with one attached hydrogen (secondary N) is 1. The molecule has 1 amide bonds. The van der Waals surface area contributed by atoms with Crippen molar-refractivity contribution in [2.45, 2.75) is 32.5 Å². The highest BCUT2D eigenvalue weighted by molar-refractivity contribution is 5.70. The number of ether oxygens (including phenoxy) is 1. The maximum atomic E-state index is 11.7. The minimum absolute atomic E-state index is 0.144. The number of carboxylic acid groups (broad SMARTS) is 1. The van der Waals surface area contributed by atoms with Crippen LogP contribution in [0.2, 0.25) is 0 Å². The van der Waals surface area contributed by atoms with Gasteiger partial charge in [-0.2, -0.15) is 5.10 Å². The zero-order valence-corrected chi connectivity index (χ0v) is 13.0. The highest BCUT2D eigenvalue weighted by Crippen LogP contribution is 2.18. The van der Waals surface area contributed by atoms with Gasteiger partial charge in [-0.3, -0.25) is 4.79 Å². The number of hydrogen-bond acceptors (Lipinski definition) is 5. The van der Waals surface area contributed by atoms with Crippen molar-refractivity contribution in [2.75, 3.05) is 0 Å². The molecule has 1 aliphatic heterocycles. The second-order valence-corrected chi connectivity index (χ2v) is 5.62. The molecular weight excluding hydrogens is 312 g/mol. The number of nitrogens with zero attached hydrogens (tertiary/aromatic N) is 3. The van der Waals surface area contributed by atoms with Gasteiger partial charge in [-0.05, 0) is 12.0 Å². The van der Waals surface area contributed by atoms with Crippen molar-refractivity contribution in [3.63, 3.8) is 0 Å². The SMILES string of the molecule is O=C(NCc1nc2n(n1)CC(C(=O)O)CC2)OCc1ccccc1. The second-order valence-electron chi connectivity index (χ2n) is 5.62. The van der Waals surface area contributed by atoms with E-state index >= 15 is 0 Å². The van der Waals surface area contributed by atoms with Crippen molar-refractivity contribution < 1.29 is 19.4 Å². The predicted octanol–water partition coefficient (Wildman–Crippen LogP) is 1.35. The number of carbonyl (C=O) groups is 2. The fraction of sp³-hybridized carbons (Fsp3) is 0.375. The van der Waals surface area contributed by atoms with Gasteiger partial charge in [0.15, 0.2) is 5.82 Å². The molecule has 1 aromatic heterocycles. The molecule has 2 N–H and O–H groups in total. The number of alkyl carbamates (subject to hydrolysis) is 1. The molecule has 1 aliphatic rings. The van der Waals surface area contributed by atoms with E-state index in [-0.39, 0.29) is 13.2 Å². The van der Waals surface area contributed by atoms with Gasteiger partial charge in [-0.15, -0.1) is 0 Å². The molecular formula is C16H18N4O4. The highest BCUT2D eigenvalue weighted by Gasteiger charge is 2.26. The number of aliphatic carboxylic acids is 1. The topological polar surface area (TPSA) is 106 Å². The predicted molar refractivity (Wildman–Crippen MR) is 82.9 cm³/mol. The van der Waals surface area contributed by atoms with Crippen LogP contribution in [0, 0.1) is 5.92 Å². The molecule has 2 heterocycles. The Balaban J connectivity index is 1.49. The van der Waals surface area contributed by atoms with Gasteiger partial charge >= 0.3 is 12.1 Å². The number of hydrogen-bond donors (Lipinski definition) is 2. The second kappa shape index (κ2) is 7.12. The largest absolute Gasteiger partial charge is 0.481 e. The average Bonchev–Trinajstić information content (AvgIpc) is 3.01. The van der Waals surface area contributed by atoms with Crippen LogP contribution in [0.3, 0.4) is 0 Å². The van der Waals surface area contributed by atoms with E-state index in [0.29, 0.717) is 25.2 Å². The van der Waals surface area contributed by atoms with Crippen LogP contribution in [0.1, 0.15) is 23.6 Å². The lowest BCUT2D eigenvalue weighted by Gasteiger charge is -2.18. The molecule has 3 rings (SSSR count). The van der Waals surface area contributed by atoms with Crippen molar-refractivity contribution in [3.8, 4) is 0 Å². The number of rotatable bonds is 5. The van der Waals surface area contributed by atoms with Crippen LogP contribution in [0.4, 0.5) is 4.79 Å². The Hall–Kier alpha value is -2.90. The van der Waals surface area contributed by atoms with Crippen LogP contribution < -0.4 is 5.32 Å². The van der Waals surface area contributed by atoms with Crippen LogP contribution in [0.15, 0.2) is 30.3 Å². The zero-order valence-electron chi connectivity index (χ0n) is 13.0. The van der Waals surface area contributed by atoms with Crippen molar-refractivity contribution >= 4 is 12.1 Å². The first-order valence-corrected chi connectivity index (χ1v) is 7.72. The Morgan fingerprint density at radius 1 is 1.33 bits per heavy atom. The van der Waals surface area contributed by atoms with E-state index in [1.807, 2.05) is 30.3 Å². The van der Waals surface area contributed by atoms with Gasteiger partial charge in [0.1, 0.15) is 12.4 Å². The van der Waals surface area contributed by atoms with E-state index in [1.165, 1.54) is 0 Å². The third-order valence-corrected chi connectivity index (χ3v) is 3.85. The molecule has 8 heteroatoms. The molecule has 0 radical (unpaired) electrons. The minimum Gasteiger partial charge on any atom is -0.481 e. The normalized spacial score (nSPS) is 16.2. The number of carbonyl (C=O) groups excluding carboxylic acids is 1. The van der Waals surface area contributed by atoms with E-state index in [9.17, 15) is 9.59 Å². The average molecular weight is 330 g/mol. The number of aromatic nitrogens is 3. The number of benzene rings is 1. The van der Waals surface area contributed by atoms with Crippen molar-refractivity contribution in [3.05, 3.63) is 47.5 Å². The maximum Gasteiger partial charge on any atom is 0.407 e. The van der Waals surface area contributed by atoms with E-state index in [1.54, 1.807) is 4.68 Å². The third-order valence-electron chi connectivity index (χ3n) is 3.85. The highest BCUT2D eigenvalue weighted by atomic mass is 16.5. The van der Waals surface area contributed by atoms with Crippen molar-refractivity contribution in [2.24, 2.45) is 5.92 Å². The molecule has 1 aromatic carbocycles. The van der Waals surface area contributed by atoms with Gasteiger partial charge in [0.25, 0.3) is 0 Å². The standard InChI is InChI=1S/C16H18N4O4/c21-15(22)12-6-7-14-18-13(19-20(14)9-12)8-17-16(23)24-10-11-4-2-1-3-5-11/h1-5,12H,6-10H2,(H,17,23)(H,21,22). The summed E-state index contributed by atoms with van der Waals surface area (Å²) in [4.78, 5) is 27.1. The Morgan fingerprint density at radius 3 is 2.88 bits per heavy atom. The van der Waals surface area contributed by atoms with E-state index < -0.39 is 18.0 Å². The summed E-state index contributed by atoms with van der Waals surface area (Å²) in [6, 6.07) is 9.39. The van der Waals surface area contributed by atoms with Gasteiger partial charge in [-0.25, -0.2) is 14.5 Å². The lowest BCUT2D eigenvalue weighted by molar-refractivity contribution is -0.142. The fourth-order valence-electron chi connectivity index (χ4n) is 2.56. The molecule has 1 atom stereocenters. The molecule has 1 unspecified atom stereocenters. The number of amides is 1. The summed E-state index contributed by atoms with van der Waals surface area (Å²) in [6.07, 6.45) is 0.581. The summed E-state index contributed by atoms with van der Waals surface area (Å²) >= 11 is 0. The first kappa shape index (κ1) is 16.0. The lowest BCUT2D eigenvalue weighted by Crippen LogP contribution is -2.27. The first-order chi connectivity index (χ1) is 11.6. The fourth-order valence-corrected chi connectivity index (χ4v) is 2.56. The summed E-state index contributed by atoms with van der Waals surface area (Å²) in [5.74, 6) is -0.0502. The lowest BCUT2D eigenvalue weighted by atomic mass is 10.0. The monoisotopic (exact) mass is 330 g/mol. The minimum atomic E-state index is -0.819. The van der Waals surface area contributed by atoms with Crippen LogP contribution in [0.5, 0.6) is 0 Å². The zero-order chi connectivity index (χ0) is 16.9. The van der Waals surface area contributed by atoms with E-state index in [2.05, 4.69) is 15.4 Å². The molecule has 126 valence electrons. The maximum absolute atomic E-state index is 11.7. The Labute approximate surface area is 138 Å². The van der Waals surface area contributed by atoms with Crippen molar-refractivity contribution in [1.29, 1.82) is 0 Å². The molecule has 2 aromatic rings. The van der Waals surface area contributed by atoms with Gasteiger partial charge in [-0.1, -0.05) is 30.3 Å². The van der Waals surface area contributed by atoms with Gasteiger partial charge in [0.05, 0.1) is 19.0 Å². The molecule has 8 nitrogen and oxygen atoms in total. The van der Waals surface area contributed by atoms with E-state index in [0.717, 1.165) is 11.4 Å². The number of aryl methyl sites for hydroxylation is 1. The van der Waals surface area contributed by atoms with Crippen LogP contribution in [-0.2, 0) is 35.6 Å². The smallest absolute Gasteiger partial charge is 0.407 e. The molecule has 0 aliphatic carbocycles. The van der Waals surface area contributed by atoms with Crippen molar-refractivity contribution in [1.82, 2.24) is 20.1 Å². The summed E-state index contributed by atoms with van der Waals surface area (Å²) in [7, 11) is 0. The molecule has 24 heavy (non-hydrogen) atoms. The number of carboxylic acids is 1. The van der Waals surface area contributed by atoms with Crippen LogP contribution in [-0.4, -0.2) is 31.9 Å². The summed E-state index contributed by atoms with van der Waals surface area (Å²) in [6.45, 7) is 0.654. The van der Waals surface area contributed by atoms with Gasteiger partial charge < -0.3 is 15.2 Å². The molecule has 0 saturated carbocycles. The van der Waals surface area contributed by atoms with Crippen LogP contribution >= 0.6 is 0 Å². The molecule has 0 spiro atoms. The van der Waals surface area contributed by atoms with Gasteiger partial charge in [0, 0.05) is 6.42 Å². The summed E-state index contributed by atoms with van der Waals surface area (Å²) < 4.78 is 6.72. The molecule has 0 bridgehead atoms. The third kappa shape index (κ3) is 3.89.